The number of methoxy groups -OCH3 is 1. The van der Waals surface area contributed by atoms with Crippen LogP contribution in [0.3, 0.4) is 0 Å². The Labute approximate surface area is 188 Å². The first-order chi connectivity index (χ1) is 14.4. The Morgan fingerprint density at radius 1 is 1.20 bits per heavy atom. The highest BCUT2D eigenvalue weighted by Gasteiger charge is 2.28. The molecule has 0 radical (unpaired) electrons. The van der Waals surface area contributed by atoms with E-state index in [0.717, 1.165) is 11.3 Å². The minimum atomic E-state index is -0.323. The summed E-state index contributed by atoms with van der Waals surface area (Å²) in [7, 11) is 1.61. The number of carbonyl (C=O) groups excluding carboxylic acids is 1. The van der Waals surface area contributed by atoms with E-state index in [-0.39, 0.29) is 11.4 Å². The summed E-state index contributed by atoms with van der Waals surface area (Å²) in [4.78, 5) is 13.0. The predicted octanol–water partition coefficient (Wildman–Crippen LogP) is 6.17. The molecule has 1 aliphatic heterocycles. The molecule has 8 heteroatoms. The van der Waals surface area contributed by atoms with Crippen molar-refractivity contribution in [3.63, 3.8) is 0 Å². The van der Waals surface area contributed by atoms with E-state index in [4.69, 9.17) is 32.4 Å². The SMILES string of the molecule is COc1ccc(C)cc1NC1NC(=O)/C(=C/c2ccc(-c3cccc(Cl)c3Cl)o2)S1. The molecular formula is C22H18Cl2N2O3S. The lowest BCUT2D eigenvalue weighted by molar-refractivity contribution is -0.116. The standard InChI is InChI=1S/C22H18Cl2N2O3S/c1-12-6-8-18(28-2)16(10-12)25-22-26-21(27)19(30-22)11-13-7-9-17(29-13)14-4-3-5-15(23)20(14)24/h3-11,22,25H,1-2H3,(H,26,27)/b19-11-. The van der Waals surface area contributed by atoms with Gasteiger partial charge in [-0.3, -0.25) is 4.79 Å². The molecule has 5 nitrogen and oxygen atoms in total. The quantitative estimate of drug-likeness (QED) is 0.445. The van der Waals surface area contributed by atoms with Gasteiger partial charge in [0, 0.05) is 11.6 Å². The van der Waals surface area contributed by atoms with Gasteiger partial charge in [-0.2, -0.15) is 0 Å². The van der Waals surface area contributed by atoms with Crippen LogP contribution in [0.15, 0.2) is 57.9 Å². The minimum Gasteiger partial charge on any atom is -0.495 e. The third kappa shape index (κ3) is 4.31. The summed E-state index contributed by atoms with van der Waals surface area (Å²) in [6.45, 7) is 2.00. The van der Waals surface area contributed by atoms with E-state index in [1.807, 2.05) is 31.2 Å². The monoisotopic (exact) mass is 460 g/mol. The van der Waals surface area contributed by atoms with E-state index >= 15 is 0 Å². The lowest BCUT2D eigenvalue weighted by Crippen LogP contribution is -2.31. The second-order valence-electron chi connectivity index (χ2n) is 6.63. The Kier molecular flexibility index (Phi) is 5.99. The lowest BCUT2D eigenvalue weighted by atomic mass is 10.2. The van der Waals surface area contributed by atoms with Crippen molar-refractivity contribution in [3.05, 3.63) is 74.8 Å². The summed E-state index contributed by atoms with van der Waals surface area (Å²) < 4.78 is 11.3. The fourth-order valence-electron chi connectivity index (χ4n) is 3.04. The highest BCUT2D eigenvalue weighted by molar-refractivity contribution is 8.05. The number of aryl methyl sites for hydroxylation is 1. The first-order valence-electron chi connectivity index (χ1n) is 9.09. The molecule has 0 aliphatic carbocycles. The molecule has 30 heavy (non-hydrogen) atoms. The van der Waals surface area contributed by atoms with Gasteiger partial charge in [0.1, 0.15) is 17.3 Å². The van der Waals surface area contributed by atoms with E-state index in [0.29, 0.717) is 37.8 Å². The molecule has 1 saturated heterocycles. The minimum absolute atomic E-state index is 0.178. The van der Waals surface area contributed by atoms with Gasteiger partial charge in [0.25, 0.3) is 5.91 Å². The molecular weight excluding hydrogens is 443 g/mol. The number of carbonyl (C=O) groups is 1. The van der Waals surface area contributed by atoms with Crippen LogP contribution >= 0.6 is 35.0 Å². The highest BCUT2D eigenvalue weighted by atomic mass is 35.5. The number of halogens is 2. The van der Waals surface area contributed by atoms with Crippen LogP contribution in [-0.4, -0.2) is 18.5 Å². The summed E-state index contributed by atoms with van der Waals surface area (Å²) in [6, 6.07) is 14.8. The summed E-state index contributed by atoms with van der Waals surface area (Å²) in [5, 5.41) is 7.09. The third-order valence-electron chi connectivity index (χ3n) is 4.49. The molecule has 1 atom stereocenters. The molecule has 2 aromatic carbocycles. The number of benzene rings is 2. The van der Waals surface area contributed by atoms with Crippen molar-refractivity contribution >= 4 is 52.6 Å². The number of ether oxygens (including phenoxy) is 1. The van der Waals surface area contributed by atoms with Gasteiger partial charge < -0.3 is 19.8 Å². The second kappa shape index (κ2) is 8.68. The molecule has 0 saturated carbocycles. The molecule has 3 aromatic rings. The maximum Gasteiger partial charge on any atom is 0.260 e. The molecule has 1 unspecified atom stereocenters. The van der Waals surface area contributed by atoms with Crippen LogP contribution in [0.2, 0.25) is 10.0 Å². The van der Waals surface area contributed by atoms with Crippen molar-refractivity contribution in [3.8, 4) is 17.1 Å². The summed E-state index contributed by atoms with van der Waals surface area (Å²) in [5.41, 5.74) is 2.28. The zero-order chi connectivity index (χ0) is 21.3. The summed E-state index contributed by atoms with van der Waals surface area (Å²) >= 11 is 13.7. The van der Waals surface area contributed by atoms with Gasteiger partial charge in [-0.05, 0) is 48.9 Å². The number of nitrogens with one attached hydrogen (secondary N) is 2. The van der Waals surface area contributed by atoms with Gasteiger partial charge >= 0.3 is 0 Å². The normalized spacial score (nSPS) is 17.3. The first kappa shape index (κ1) is 20.7. The van der Waals surface area contributed by atoms with Crippen LogP contribution in [0.1, 0.15) is 11.3 Å². The maximum atomic E-state index is 12.4. The molecule has 2 heterocycles. The highest BCUT2D eigenvalue weighted by Crippen LogP contribution is 2.36. The van der Waals surface area contributed by atoms with Crippen LogP contribution < -0.4 is 15.4 Å². The van der Waals surface area contributed by atoms with Gasteiger partial charge in [0.15, 0.2) is 5.50 Å². The topological polar surface area (TPSA) is 63.5 Å². The van der Waals surface area contributed by atoms with E-state index in [9.17, 15) is 4.79 Å². The number of hydrogen-bond donors (Lipinski definition) is 2. The Hall–Kier alpha value is -2.54. The third-order valence-corrected chi connectivity index (χ3v) is 6.34. The molecule has 154 valence electrons. The molecule has 1 aromatic heterocycles. The zero-order valence-corrected chi connectivity index (χ0v) is 18.5. The van der Waals surface area contributed by atoms with Crippen LogP contribution in [0.4, 0.5) is 5.69 Å². The molecule has 4 rings (SSSR count). The average Bonchev–Trinajstić information content (AvgIpc) is 3.31. The Morgan fingerprint density at radius 3 is 2.83 bits per heavy atom. The molecule has 1 amide bonds. The predicted molar refractivity (Wildman–Crippen MR) is 123 cm³/mol. The van der Waals surface area contributed by atoms with Gasteiger partial charge in [-0.1, -0.05) is 47.1 Å². The summed E-state index contributed by atoms with van der Waals surface area (Å²) in [5.74, 6) is 1.66. The first-order valence-corrected chi connectivity index (χ1v) is 10.7. The van der Waals surface area contributed by atoms with Crippen molar-refractivity contribution in [2.45, 2.75) is 12.4 Å². The van der Waals surface area contributed by atoms with Crippen molar-refractivity contribution in [1.82, 2.24) is 5.32 Å². The number of anilines is 1. The lowest BCUT2D eigenvalue weighted by Gasteiger charge is -2.16. The van der Waals surface area contributed by atoms with Crippen LogP contribution in [0.5, 0.6) is 5.75 Å². The average molecular weight is 461 g/mol. The molecule has 2 N–H and O–H groups in total. The number of furan rings is 1. The van der Waals surface area contributed by atoms with Crippen molar-refractivity contribution in [2.75, 3.05) is 12.4 Å². The summed E-state index contributed by atoms with van der Waals surface area (Å²) in [6.07, 6.45) is 1.71. The van der Waals surface area contributed by atoms with Crippen LogP contribution in [0.25, 0.3) is 17.4 Å². The van der Waals surface area contributed by atoms with Crippen molar-refractivity contribution in [2.24, 2.45) is 0 Å². The van der Waals surface area contributed by atoms with E-state index in [1.165, 1.54) is 11.8 Å². The van der Waals surface area contributed by atoms with Crippen molar-refractivity contribution < 1.29 is 13.9 Å². The molecule has 1 aliphatic rings. The maximum absolute atomic E-state index is 12.4. The second-order valence-corrected chi connectivity index (χ2v) is 8.56. The van der Waals surface area contributed by atoms with Crippen LogP contribution in [0, 0.1) is 6.92 Å². The Morgan fingerprint density at radius 2 is 2.03 bits per heavy atom. The van der Waals surface area contributed by atoms with E-state index in [1.54, 1.807) is 37.5 Å². The molecule has 0 bridgehead atoms. The molecule has 0 spiro atoms. The van der Waals surface area contributed by atoms with E-state index < -0.39 is 0 Å². The smallest absolute Gasteiger partial charge is 0.260 e. The van der Waals surface area contributed by atoms with Gasteiger partial charge in [-0.15, -0.1) is 0 Å². The van der Waals surface area contributed by atoms with Gasteiger partial charge in [0.05, 0.1) is 27.7 Å². The number of amides is 1. The molecule has 1 fully saturated rings. The fraction of sp³-hybridized carbons (Fsp3) is 0.136. The Bertz CT molecular complexity index is 1140. The number of thioether (sulfide) groups is 1. The van der Waals surface area contributed by atoms with Gasteiger partial charge in [-0.25, -0.2) is 0 Å². The Balaban J connectivity index is 1.52. The largest absolute Gasteiger partial charge is 0.495 e. The van der Waals surface area contributed by atoms with E-state index in [2.05, 4.69) is 10.6 Å². The van der Waals surface area contributed by atoms with Crippen molar-refractivity contribution in [1.29, 1.82) is 0 Å². The zero-order valence-electron chi connectivity index (χ0n) is 16.2. The van der Waals surface area contributed by atoms with Crippen LogP contribution in [-0.2, 0) is 4.79 Å². The number of rotatable bonds is 5. The van der Waals surface area contributed by atoms with Gasteiger partial charge in [0.2, 0.25) is 0 Å². The number of hydrogen-bond acceptors (Lipinski definition) is 5. The fourth-order valence-corrected chi connectivity index (χ4v) is 4.39.